The molecule has 2 N–H and O–H groups in total. The van der Waals surface area contributed by atoms with E-state index < -0.39 is 18.0 Å². The number of imidazole rings is 1. The molecule has 0 radical (unpaired) electrons. The van der Waals surface area contributed by atoms with Crippen LogP contribution in [0, 0.1) is 0 Å². The average Bonchev–Trinajstić information content (AvgIpc) is 2.76. The molecule has 2 aromatic rings. The van der Waals surface area contributed by atoms with E-state index in [1.54, 1.807) is 6.20 Å². The number of nitrogens with two attached hydrogens (primary N) is 1. The summed E-state index contributed by atoms with van der Waals surface area (Å²) >= 11 is 1.48. The third-order valence-electron chi connectivity index (χ3n) is 2.18. The van der Waals surface area contributed by atoms with Gasteiger partial charge in [0.05, 0.1) is 12.1 Å². The van der Waals surface area contributed by atoms with Crippen molar-refractivity contribution < 1.29 is 14.3 Å². The average molecular weight is 253 g/mol. The number of hydrogen-bond donors (Lipinski definition) is 1. The number of nitrogens with zero attached hydrogens (tertiary/aromatic N) is 2. The number of ether oxygens (including phenoxy) is 1. The molecule has 0 aliphatic carbocycles. The van der Waals surface area contributed by atoms with E-state index in [1.165, 1.54) is 18.3 Å². The summed E-state index contributed by atoms with van der Waals surface area (Å²) < 4.78 is 6.65. The Morgan fingerprint density at radius 1 is 1.65 bits per heavy atom. The highest BCUT2D eigenvalue weighted by molar-refractivity contribution is 7.15. The highest BCUT2D eigenvalue weighted by Gasteiger charge is 2.16. The number of rotatable bonds is 4. The molecule has 0 aromatic carbocycles. The Kier molecular flexibility index (Phi) is 3.10. The zero-order valence-corrected chi connectivity index (χ0v) is 9.94. The molecule has 0 unspecified atom stereocenters. The van der Waals surface area contributed by atoms with Crippen molar-refractivity contribution in [3.8, 4) is 0 Å². The van der Waals surface area contributed by atoms with Gasteiger partial charge in [0.1, 0.15) is 0 Å². The number of aromatic nitrogens is 2. The van der Waals surface area contributed by atoms with Crippen LogP contribution in [0.25, 0.3) is 4.96 Å². The van der Waals surface area contributed by atoms with Gasteiger partial charge in [0.15, 0.2) is 11.1 Å². The van der Waals surface area contributed by atoms with E-state index in [-0.39, 0.29) is 6.42 Å². The quantitative estimate of drug-likeness (QED) is 0.797. The van der Waals surface area contributed by atoms with Gasteiger partial charge in [-0.2, -0.15) is 0 Å². The van der Waals surface area contributed by atoms with E-state index in [0.29, 0.717) is 5.69 Å². The van der Waals surface area contributed by atoms with Crippen LogP contribution in [0.3, 0.4) is 0 Å². The van der Waals surface area contributed by atoms with E-state index in [2.05, 4.69) is 4.98 Å². The van der Waals surface area contributed by atoms with Crippen LogP contribution in [-0.2, 0) is 20.7 Å². The van der Waals surface area contributed by atoms with Crippen molar-refractivity contribution in [1.82, 2.24) is 9.38 Å². The van der Waals surface area contributed by atoms with E-state index in [1.807, 2.05) is 16.0 Å². The lowest BCUT2D eigenvalue weighted by Crippen LogP contribution is -2.31. The molecular formula is C10H11N3O3S. The van der Waals surface area contributed by atoms with Crippen molar-refractivity contribution in [2.24, 2.45) is 5.73 Å². The monoisotopic (exact) mass is 253 g/mol. The van der Waals surface area contributed by atoms with Crippen LogP contribution in [0.5, 0.6) is 0 Å². The lowest BCUT2D eigenvalue weighted by Gasteiger charge is -2.08. The summed E-state index contributed by atoms with van der Waals surface area (Å²) in [5, 5.41) is 1.90. The van der Waals surface area contributed by atoms with Crippen LogP contribution in [0.1, 0.15) is 12.6 Å². The van der Waals surface area contributed by atoms with Crippen LogP contribution >= 0.6 is 11.3 Å². The second-order valence-corrected chi connectivity index (χ2v) is 4.41. The lowest BCUT2D eigenvalue weighted by molar-refractivity contribution is -0.153. The Morgan fingerprint density at radius 2 is 2.41 bits per heavy atom. The van der Waals surface area contributed by atoms with Crippen LogP contribution in [-0.4, -0.2) is 27.4 Å². The van der Waals surface area contributed by atoms with E-state index in [9.17, 15) is 9.59 Å². The first kappa shape index (κ1) is 11.6. The first-order valence-electron chi connectivity index (χ1n) is 4.96. The van der Waals surface area contributed by atoms with Gasteiger partial charge in [-0.15, -0.1) is 11.3 Å². The van der Waals surface area contributed by atoms with Crippen molar-refractivity contribution in [2.45, 2.75) is 19.4 Å². The number of primary amides is 1. The molecule has 2 aromatic heterocycles. The number of esters is 1. The van der Waals surface area contributed by atoms with Crippen LogP contribution in [0.4, 0.5) is 0 Å². The minimum atomic E-state index is -0.911. The van der Waals surface area contributed by atoms with Crippen molar-refractivity contribution >= 4 is 28.2 Å². The Morgan fingerprint density at radius 3 is 3.06 bits per heavy atom. The van der Waals surface area contributed by atoms with E-state index in [4.69, 9.17) is 10.5 Å². The number of amides is 1. The molecule has 0 saturated heterocycles. The predicted octanol–water partition coefficient (Wildman–Crippen LogP) is 0.355. The molecular weight excluding hydrogens is 242 g/mol. The van der Waals surface area contributed by atoms with Gasteiger partial charge in [0.25, 0.3) is 5.91 Å². The number of hydrogen-bond acceptors (Lipinski definition) is 5. The predicted molar refractivity (Wildman–Crippen MR) is 61.5 cm³/mol. The Balaban J connectivity index is 1.99. The highest BCUT2D eigenvalue weighted by atomic mass is 32.1. The van der Waals surface area contributed by atoms with Crippen molar-refractivity contribution in [2.75, 3.05) is 0 Å². The number of fused-ring (bicyclic) bond motifs is 1. The maximum Gasteiger partial charge on any atom is 0.312 e. The van der Waals surface area contributed by atoms with Gasteiger partial charge in [-0.1, -0.05) is 0 Å². The normalized spacial score (nSPS) is 12.5. The molecule has 90 valence electrons. The third-order valence-corrected chi connectivity index (χ3v) is 2.95. The van der Waals surface area contributed by atoms with Gasteiger partial charge in [0, 0.05) is 17.8 Å². The number of carbonyl (C=O) groups is 2. The molecule has 0 bridgehead atoms. The Labute approximate surface area is 101 Å². The van der Waals surface area contributed by atoms with Crippen LogP contribution in [0.15, 0.2) is 17.8 Å². The number of thiazole rings is 1. The summed E-state index contributed by atoms with van der Waals surface area (Å²) in [5.74, 6) is -1.17. The highest BCUT2D eigenvalue weighted by Crippen LogP contribution is 2.12. The minimum Gasteiger partial charge on any atom is -0.452 e. The molecule has 7 heteroatoms. The summed E-state index contributed by atoms with van der Waals surface area (Å²) in [4.78, 5) is 27.2. The largest absolute Gasteiger partial charge is 0.452 e. The summed E-state index contributed by atoms with van der Waals surface area (Å²) in [6.07, 6.45) is 2.73. The van der Waals surface area contributed by atoms with Gasteiger partial charge in [-0.3, -0.25) is 14.0 Å². The molecule has 0 aliphatic heterocycles. The molecule has 2 rings (SSSR count). The fourth-order valence-electron chi connectivity index (χ4n) is 1.31. The second-order valence-electron chi connectivity index (χ2n) is 3.54. The molecule has 2 heterocycles. The fourth-order valence-corrected chi connectivity index (χ4v) is 2.02. The Hall–Kier alpha value is -1.89. The van der Waals surface area contributed by atoms with Gasteiger partial charge in [-0.25, -0.2) is 4.98 Å². The molecule has 6 nitrogen and oxygen atoms in total. The molecule has 17 heavy (non-hydrogen) atoms. The molecule has 0 aliphatic rings. The maximum atomic E-state index is 11.5. The van der Waals surface area contributed by atoms with Crippen molar-refractivity contribution in [1.29, 1.82) is 0 Å². The zero-order valence-electron chi connectivity index (χ0n) is 9.12. The summed E-state index contributed by atoms with van der Waals surface area (Å²) in [6.45, 7) is 1.44. The van der Waals surface area contributed by atoms with Gasteiger partial charge in [0.2, 0.25) is 0 Å². The maximum absolute atomic E-state index is 11.5. The molecule has 1 amide bonds. The van der Waals surface area contributed by atoms with E-state index in [0.717, 1.165) is 4.96 Å². The topological polar surface area (TPSA) is 86.7 Å². The molecule has 0 spiro atoms. The van der Waals surface area contributed by atoms with Crippen molar-refractivity contribution in [3.63, 3.8) is 0 Å². The first-order valence-corrected chi connectivity index (χ1v) is 5.84. The Bertz CT molecular complexity index is 531. The summed E-state index contributed by atoms with van der Waals surface area (Å²) in [5.41, 5.74) is 5.60. The SMILES string of the molecule is C[C@H](OC(=O)Cc1cn2ccsc2n1)C(N)=O. The van der Waals surface area contributed by atoms with Gasteiger partial charge < -0.3 is 10.5 Å². The first-order chi connectivity index (χ1) is 8.06. The van der Waals surface area contributed by atoms with Crippen LogP contribution < -0.4 is 5.73 Å². The summed E-state index contributed by atoms with van der Waals surface area (Å²) in [6, 6.07) is 0. The number of carbonyl (C=O) groups excluding carboxylic acids is 2. The molecule has 0 saturated carbocycles. The smallest absolute Gasteiger partial charge is 0.312 e. The fraction of sp³-hybridized carbons (Fsp3) is 0.300. The van der Waals surface area contributed by atoms with Gasteiger partial charge >= 0.3 is 5.97 Å². The zero-order chi connectivity index (χ0) is 12.4. The third kappa shape index (κ3) is 2.62. The minimum absolute atomic E-state index is 0.0337. The summed E-state index contributed by atoms with van der Waals surface area (Å²) in [7, 11) is 0. The van der Waals surface area contributed by atoms with Crippen molar-refractivity contribution in [3.05, 3.63) is 23.5 Å². The van der Waals surface area contributed by atoms with E-state index >= 15 is 0 Å². The molecule has 1 atom stereocenters. The molecule has 0 fully saturated rings. The van der Waals surface area contributed by atoms with Gasteiger partial charge in [-0.05, 0) is 6.92 Å². The van der Waals surface area contributed by atoms with Crippen LogP contribution in [0.2, 0.25) is 0 Å². The lowest BCUT2D eigenvalue weighted by atomic mass is 10.3. The second kappa shape index (κ2) is 4.54. The standard InChI is InChI=1S/C10H11N3O3S/c1-6(9(11)15)16-8(14)4-7-5-13-2-3-17-10(13)12-7/h2-3,5-6H,4H2,1H3,(H2,11,15)/t6-/m0/s1.